The van der Waals surface area contributed by atoms with Crippen LogP contribution in [0, 0.1) is 0 Å². The first-order chi connectivity index (χ1) is 32.2. The van der Waals surface area contributed by atoms with E-state index in [0.29, 0.717) is 0 Å². The van der Waals surface area contributed by atoms with Crippen LogP contribution < -0.4 is 0 Å². The zero-order chi connectivity index (χ0) is 47.9. The summed E-state index contributed by atoms with van der Waals surface area (Å²) in [6, 6.07) is 44.9. The Bertz CT molecular complexity index is 3300. The highest BCUT2D eigenvalue weighted by Crippen LogP contribution is 2.41. The molecule has 0 saturated carbocycles. The summed E-state index contributed by atoms with van der Waals surface area (Å²) in [5.74, 6) is 0. The number of nitrogens with one attached hydrogen (secondary N) is 2. The monoisotopic (exact) mass is 889 g/mol. The van der Waals surface area contributed by atoms with Gasteiger partial charge >= 0.3 is 0 Å². The van der Waals surface area contributed by atoms with E-state index in [1.54, 1.807) is 0 Å². The number of H-pyrrole nitrogens is 2. The van der Waals surface area contributed by atoms with E-state index in [0.717, 1.165) is 72.7 Å². The molecule has 0 radical (unpaired) electrons. The second kappa shape index (κ2) is 16.3. The molecular formula is C64H64N4. The predicted molar refractivity (Wildman–Crippen MR) is 295 cm³/mol. The molecule has 5 heterocycles. The number of nitrogens with zero attached hydrogens (tertiary/aromatic N) is 2. The van der Waals surface area contributed by atoms with E-state index in [1.165, 1.54) is 49.4 Å². The first-order valence-corrected chi connectivity index (χ1v) is 24.2. The van der Waals surface area contributed by atoms with Crippen molar-refractivity contribution in [2.45, 2.75) is 105 Å². The van der Waals surface area contributed by atoms with Crippen molar-refractivity contribution >= 4 is 80.1 Å². The van der Waals surface area contributed by atoms with Crippen LogP contribution in [-0.2, 0) is 21.7 Å². The average Bonchev–Trinajstić information content (AvgIpc) is 4.13. The summed E-state index contributed by atoms with van der Waals surface area (Å²) in [6.45, 7) is 27.6. The maximum atomic E-state index is 5.62. The van der Waals surface area contributed by atoms with E-state index < -0.39 is 0 Å². The molecular weight excluding hydrogens is 825 g/mol. The van der Waals surface area contributed by atoms with E-state index >= 15 is 0 Å². The van der Waals surface area contributed by atoms with Crippen LogP contribution in [0.25, 0.3) is 102 Å². The first kappa shape index (κ1) is 44.8. The summed E-state index contributed by atoms with van der Waals surface area (Å²) in [7, 11) is 0. The molecule has 0 unspecified atom stereocenters. The molecule has 4 nitrogen and oxygen atoms in total. The summed E-state index contributed by atoms with van der Waals surface area (Å²) < 4.78 is 0. The van der Waals surface area contributed by atoms with Gasteiger partial charge in [-0.3, -0.25) is 0 Å². The number of benzene rings is 5. The Kier molecular flexibility index (Phi) is 10.8. The molecule has 0 saturated heterocycles. The Labute approximate surface area is 402 Å². The fourth-order valence-corrected chi connectivity index (χ4v) is 9.61. The van der Waals surface area contributed by atoms with Gasteiger partial charge in [0, 0.05) is 38.8 Å². The van der Waals surface area contributed by atoms with Gasteiger partial charge in [-0.15, -0.1) is 0 Å². The van der Waals surface area contributed by atoms with Gasteiger partial charge in [0.15, 0.2) is 0 Å². The van der Waals surface area contributed by atoms with E-state index in [1.807, 2.05) is 0 Å². The van der Waals surface area contributed by atoms with Gasteiger partial charge in [-0.05, 0) is 149 Å². The van der Waals surface area contributed by atoms with Crippen molar-refractivity contribution in [3.8, 4) is 22.3 Å². The molecule has 8 bridgehead atoms. The normalized spacial score (nSPS) is 13.4. The van der Waals surface area contributed by atoms with Crippen LogP contribution >= 0.6 is 0 Å². The minimum Gasteiger partial charge on any atom is -0.355 e. The molecule has 0 fully saturated rings. The first-order valence-electron chi connectivity index (χ1n) is 24.2. The molecule has 2 aliphatic rings. The lowest BCUT2D eigenvalue weighted by Crippen LogP contribution is -2.16. The lowest BCUT2D eigenvalue weighted by Gasteiger charge is -2.26. The van der Waals surface area contributed by atoms with Gasteiger partial charge in [-0.2, -0.15) is 0 Å². The second-order valence-electron chi connectivity index (χ2n) is 23.1. The number of hydrogen-bond acceptors (Lipinski definition) is 2. The summed E-state index contributed by atoms with van der Waals surface area (Å²) >= 11 is 0. The highest BCUT2D eigenvalue weighted by atomic mass is 14.8. The van der Waals surface area contributed by atoms with Crippen LogP contribution in [0.15, 0.2) is 121 Å². The molecule has 8 aromatic rings. The Morgan fingerprint density at radius 1 is 0.368 bits per heavy atom. The second-order valence-corrected chi connectivity index (χ2v) is 23.1. The van der Waals surface area contributed by atoms with Crippen molar-refractivity contribution in [2.75, 3.05) is 0 Å². The Balaban J connectivity index is 1.33. The quantitative estimate of drug-likeness (QED) is 0.173. The van der Waals surface area contributed by atoms with Crippen LogP contribution in [0.4, 0.5) is 0 Å². The van der Waals surface area contributed by atoms with E-state index in [2.05, 4.69) is 251 Å². The fourth-order valence-electron chi connectivity index (χ4n) is 9.61. The van der Waals surface area contributed by atoms with E-state index in [4.69, 9.17) is 9.97 Å². The predicted octanol–water partition coefficient (Wildman–Crippen LogP) is 17.7. The lowest BCUT2D eigenvalue weighted by molar-refractivity contribution is 0.568. The Morgan fingerprint density at radius 2 is 0.735 bits per heavy atom. The Morgan fingerprint density at radius 3 is 1.13 bits per heavy atom. The van der Waals surface area contributed by atoms with Gasteiger partial charge in [0.1, 0.15) is 0 Å². The summed E-state index contributed by atoms with van der Waals surface area (Å²) in [4.78, 5) is 18.9. The SMILES string of the molecule is CC(C)(C)c1cc(-c2c3nc(c(/C=C/c4c5ccccc5cc5ccccc45)c4nc(c(-c5cc(C(C)(C)C)cc(C(C)(C)C)c5)c5ccc(cc6ccc2[nH]6)[nH]5)C=C4)C=C3)cc(C(C)(C)C)c1. The van der Waals surface area contributed by atoms with Crippen LogP contribution in [0.2, 0.25) is 0 Å². The maximum absolute atomic E-state index is 5.62. The van der Waals surface area contributed by atoms with Gasteiger partial charge in [-0.25, -0.2) is 9.97 Å². The molecule has 2 aliphatic heterocycles. The Hall–Kier alpha value is -7.04. The molecule has 0 aliphatic carbocycles. The fraction of sp³-hybridized carbons (Fsp3) is 0.250. The van der Waals surface area contributed by atoms with Crippen LogP contribution in [-0.4, -0.2) is 19.9 Å². The molecule has 0 atom stereocenters. The maximum Gasteiger partial charge on any atom is 0.0737 e. The number of fused-ring (bicyclic) bond motifs is 10. The van der Waals surface area contributed by atoms with Crippen molar-refractivity contribution < 1.29 is 0 Å². The van der Waals surface area contributed by atoms with Crippen LogP contribution in [0.5, 0.6) is 0 Å². The third-order valence-corrected chi connectivity index (χ3v) is 13.7. The highest BCUT2D eigenvalue weighted by Gasteiger charge is 2.25. The van der Waals surface area contributed by atoms with Gasteiger partial charge in [-0.1, -0.05) is 174 Å². The molecule has 3 aromatic heterocycles. The van der Waals surface area contributed by atoms with Crippen molar-refractivity contribution in [2.24, 2.45) is 0 Å². The van der Waals surface area contributed by atoms with Gasteiger partial charge in [0.25, 0.3) is 0 Å². The van der Waals surface area contributed by atoms with Crippen LogP contribution in [0.3, 0.4) is 0 Å². The van der Waals surface area contributed by atoms with Gasteiger partial charge < -0.3 is 9.97 Å². The summed E-state index contributed by atoms with van der Waals surface area (Å²) in [5.41, 5.74) is 19.1. The largest absolute Gasteiger partial charge is 0.355 e. The lowest BCUT2D eigenvalue weighted by atomic mass is 9.78. The number of aromatic nitrogens is 4. The molecule has 5 aromatic carbocycles. The standard InChI is InChI=1S/C64H64N4/c1-61(2,3)43-32-41(33-44(36-43)62(4,5)6)59-55-25-21-47(65-55)38-48-22-26-56(66-48)60(42-34-45(63(7,8)9)37-46(35-42)64(10,11)12)58-30-28-54(68-58)52(53-27-29-57(59)67-53)24-23-51-49-19-15-13-17-39(49)31-40-18-14-16-20-50(40)51/h13-38,65-66H,1-12H3/b24-23+,47-38?,48-38?,53-52?,54-52?,59-55?,59-57?,60-56?,60-58?. The minimum absolute atomic E-state index is 0.0591. The zero-order valence-corrected chi connectivity index (χ0v) is 41.9. The molecule has 4 heteroatoms. The van der Waals surface area contributed by atoms with Gasteiger partial charge in [0.2, 0.25) is 0 Å². The molecule has 340 valence electrons. The molecule has 2 N–H and O–H groups in total. The smallest absolute Gasteiger partial charge is 0.0737 e. The average molecular weight is 889 g/mol. The van der Waals surface area contributed by atoms with E-state index in [-0.39, 0.29) is 21.7 Å². The number of aromatic amines is 2. The summed E-state index contributed by atoms with van der Waals surface area (Å²) in [5, 5.41) is 4.83. The van der Waals surface area contributed by atoms with Gasteiger partial charge in [0.05, 0.1) is 22.8 Å². The molecule has 0 spiro atoms. The minimum atomic E-state index is -0.0591. The number of rotatable bonds is 4. The van der Waals surface area contributed by atoms with Crippen molar-refractivity contribution in [1.29, 1.82) is 0 Å². The zero-order valence-electron chi connectivity index (χ0n) is 41.9. The van der Waals surface area contributed by atoms with Crippen molar-refractivity contribution in [1.82, 2.24) is 19.9 Å². The third-order valence-electron chi connectivity index (χ3n) is 13.7. The van der Waals surface area contributed by atoms with E-state index in [9.17, 15) is 0 Å². The van der Waals surface area contributed by atoms with Crippen molar-refractivity contribution in [3.05, 3.63) is 177 Å². The van der Waals surface area contributed by atoms with Crippen LogP contribution in [0.1, 0.15) is 139 Å². The molecule has 68 heavy (non-hydrogen) atoms. The molecule has 0 amide bonds. The summed E-state index contributed by atoms with van der Waals surface area (Å²) in [6.07, 6.45) is 13.3. The third kappa shape index (κ3) is 8.58. The molecule has 10 rings (SSSR count). The highest BCUT2D eigenvalue weighted by molar-refractivity contribution is 6.08. The van der Waals surface area contributed by atoms with Crippen molar-refractivity contribution in [3.63, 3.8) is 0 Å². The number of hydrogen-bond donors (Lipinski definition) is 2. The topological polar surface area (TPSA) is 57.4 Å².